The van der Waals surface area contributed by atoms with E-state index in [9.17, 15) is 17.6 Å². The van der Waals surface area contributed by atoms with Gasteiger partial charge in [-0.3, -0.25) is 0 Å². The van der Waals surface area contributed by atoms with E-state index < -0.39 is 29.3 Å². The zero-order valence-electron chi connectivity index (χ0n) is 10.1. The number of benzene rings is 2. The van der Waals surface area contributed by atoms with Gasteiger partial charge in [0.25, 0.3) is 0 Å². The first-order chi connectivity index (χ1) is 9.04. The van der Waals surface area contributed by atoms with Crippen LogP contribution in [0.2, 0.25) is 0 Å². The van der Waals surface area contributed by atoms with Crippen molar-refractivity contribution in [3.63, 3.8) is 0 Å². The molecule has 1 atom stereocenters. The molecule has 0 spiro atoms. The Balaban J connectivity index is 2.59. The summed E-state index contributed by atoms with van der Waals surface area (Å²) in [4.78, 5) is 0. The number of hydrogen-bond donors (Lipinski definition) is 1. The Bertz CT molecular complexity index is 578. The van der Waals surface area contributed by atoms with Crippen molar-refractivity contribution >= 4 is 0 Å². The minimum Gasteiger partial charge on any atom is -0.309 e. The van der Waals surface area contributed by atoms with E-state index in [0.717, 1.165) is 30.3 Å². The first-order valence-electron chi connectivity index (χ1n) is 5.60. The summed E-state index contributed by atoms with van der Waals surface area (Å²) >= 11 is 0. The number of nitrogens with one attached hydrogen (secondary N) is 1. The fourth-order valence-electron chi connectivity index (χ4n) is 1.98. The van der Waals surface area contributed by atoms with Crippen molar-refractivity contribution in [3.8, 4) is 0 Å². The van der Waals surface area contributed by atoms with Crippen LogP contribution in [0.15, 0.2) is 36.4 Å². The number of rotatable bonds is 3. The van der Waals surface area contributed by atoms with Crippen molar-refractivity contribution in [1.82, 2.24) is 5.32 Å². The quantitative estimate of drug-likeness (QED) is 0.840. The van der Waals surface area contributed by atoms with Gasteiger partial charge in [0.15, 0.2) is 0 Å². The smallest absolute Gasteiger partial charge is 0.131 e. The fraction of sp³-hybridized carbons (Fsp3) is 0.143. The Kier molecular flexibility index (Phi) is 3.85. The minimum absolute atomic E-state index is 0.147. The highest BCUT2D eigenvalue weighted by Crippen LogP contribution is 2.28. The van der Waals surface area contributed by atoms with E-state index in [1.54, 1.807) is 0 Å². The van der Waals surface area contributed by atoms with E-state index in [-0.39, 0.29) is 11.1 Å². The molecule has 0 aromatic heterocycles. The Hall–Kier alpha value is -1.88. The lowest BCUT2D eigenvalue weighted by Gasteiger charge is -2.19. The first-order valence-corrected chi connectivity index (χ1v) is 5.60. The SMILES string of the molecule is CNC(c1cc(F)ccc1F)c1c(F)cccc1F. The largest absolute Gasteiger partial charge is 0.309 e. The highest BCUT2D eigenvalue weighted by Gasteiger charge is 2.23. The monoisotopic (exact) mass is 269 g/mol. The Morgan fingerprint density at radius 3 is 2.11 bits per heavy atom. The molecule has 0 aliphatic heterocycles. The number of halogens is 4. The van der Waals surface area contributed by atoms with Crippen molar-refractivity contribution in [3.05, 3.63) is 70.8 Å². The van der Waals surface area contributed by atoms with Gasteiger partial charge < -0.3 is 5.32 Å². The van der Waals surface area contributed by atoms with Gasteiger partial charge in [-0.05, 0) is 37.4 Å². The molecule has 0 aliphatic carbocycles. The molecule has 5 heteroatoms. The zero-order valence-corrected chi connectivity index (χ0v) is 10.1. The first kappa shape index (κ1) is 13.5. The third-order valence-corrected chi connectivity index (χ3v) is 2.85. The van der Waals surface area contributed by atoms with Gasteiger partial charge in [-0.1, -0.05) is 6.07 Å². The Labute approximate surface area is 107 Å². The highest BCUT2D eigenvalue weighted by atomic mass is 19.1. The van der Waals surface area contributed by atoms with Crippen LogP contribution in [0.5, 0.6) is 0 Å². The molecule has 19 heavy (non-hydrogen) atoms. The lowest BCUT2D eigenvalue weighted by Crippen LogP contribution is -2.21. The molecule has 0 aliphatic rings. The topological polar surface area (TPSA) is 12.0 Å². The second-order valence-electron chi connectivity index (χ2n) is 4.02. The van der Waals surface area contributed by atoms with Crippen molar-refractivity contribution in [1.29, 1.82) is 0 Å². The fourth-order valence-corrected chi connectivity index (χ4v) is 1.98. The average Bonchev–Trinajstić information content (AvgIpc) is 2.37. The molecular formula is C14H11F4N. The second kappa shape index (κ2) is 5.40. The molecule has 1 nitrogen and oxygen atoms in total. The van der Waals surface area contributed by atoms with Gasteiger partial charge in [-0.2, -0.15) is 0 Å². The van der Waals surface area contributed by atoms with Crippen molar-refractivity contribution in [2.24, 2.45) is 0 Å². The summed E-state index contributed by atoms with van der Waals surface area (Å²) in [6.07, 6.45) is 0. The molecule has 0 saturated heterocycles. The lowest BCUT2D eigenvalue weighted by atomic mass is 9.97. The highest BCUT2D eigenvalue weighted by molar-refractivity contribution is 5.34. The van der Waals surface area contributed by atoms with Gasteiger partial charge in [-0.25, -0.2) is 17.6 Å². The summed E-state index contributed by atoms with van der Waals surface area (Å²) in [7, 11) is 1.42. The van der Waals surface area contributed by atoms with Gasteiger partial charge in [0, 0.05) is 11.1 Å². The molecule has 1 N–H and O–H groups in total. The van der Waals surface area contributed by atoms with Crippen LogP contribution in [-0.4, -0.2) is 7.05 Å². The van der Waals surface area contributed by atoms with E-state index in [4.69, 9.17) is 0 Å². The maximum atomic E-state index is 13.7. The van der Waals surface area contributed by atoms with Gasteiger partial charge in [0.05, 0.1) is 6.04 Å². The molecule has 0 saturated carbocycles. The third-order valence-electron chi connectivity index (χ3n) is 2.85. The second-order valence-corrected chi connectivity index (χ2v) is 4.02. The van der Waals surface area contributed by atoms with E-state index >= 15 is 0 Å². The van der Waals surface area contributed by atoms with Crippen LogP contribution in [0.4, 0.5) is 17.6 Å². The third kappa shape index (κ3) is 2.61. The van der Waals surface area contributed by atoms with E-state index in [0.29, 0.717) is 0 Å². The predicted molar refractivity (Wildman–Crippen MR) is 63.6 cm³/mol. The molecule has 2 rings (SSSR count). The van der Waals surface area contributed by atoms with Crippen LogP contribution in [0.1, 0.15) is 17.2 Å². The van der Waals surface area contributed by atoms with Gasteiger partial charge in [-0.15, -0.1) is 0 Å². The van der Waals surface area contributed by atoms with Crippen LogP contribution in [0.3, 0.4) is 0 Å². The molecule has 0 heterocycles. The summed E-state index contributed by atoms with van der Waals surface area (Å²) in [6, 6.07) is 5.04. The molecule has 0 bridgehead atoms. The molecular weight excluding hydrogens is 258 g/mol. The van der Waals surface area contributed by atoms with Crippen LogP contribution in [-0.2, 0) is 0 Å². The maximum absolute atomic E-state index is 13.7. The zero-order chi connectivity index (χ0) is 14.0. The summed E-state index contributed by atoms with van der Waals surface area (Å²) in [5.74, 6) is -3.04. The number of hydrogen-bond acceptors (Lipinski definition) is 1. The average molecular weight is 269 g/mol. The van der Waals surface area contributed by atoms with Crippen LogP contribution >= 0.6 is 0 Å². The summed E-state index contributed by atoms with van der Waals surface area (Å²) in [6.45, 7) is 0. The lowest BCUT2D eigenvalue weighted by molar-refractivity contribution is 0.503. The van der Waals surface area contributed by atoms with Gasteiger partial charge >= 0.3 is 0 Å². The van der Waals surface area contributed by atoms with Crippen LogP contribution in [0, 0.1) is 23.3 Å². The van der Waals surface area contributed by atoms with Crippen molar-refractivity contribution in [2.45, 2.75) is 6.04 Å². The van der Waals surface area contributed by atoms with E-state index in [2.05, 4.69) is 5.32 Å². The van der Waals surface area contributed by atoms with Gasteiger partial charge in [0.1, 0.15) is 23.3 Å². The van der Waals surface area contributed by atoms with Crippen LogP contribution in [0.25, 0.3) is 0 Å². The van der Waals surface area contributed by atoms with E-state index in [1.807, 2.05) is 0 Å². The summed E-state index contributed by atoms with van der Waals surface area (Å²) in [5, 5.41) is 2.60. The molecule has 0 amide bonds. The normalized spacial score (nSPS) is 12.5. The van der Waals surface area contributed by atoms with Crippen molar-refractivity contribution < 1.29 is 17.6 Å². The van der Waals surface area contributed by atoms with Crippen molar-refractivity contribution in [2.75, 3.05) is 7.05 Å². The van der Waals surface area contributed by atoms with E-state index in [1.165, 1.54) is 13.1 Å². The molecule has 0 radical (unpaired) electrons. The molecule has 2 aromatic rings. The summed E-state index contributed by atoms with van der Waals surface area (Å²) < 4.78 is 54.3. The Morgan fingerprint density at radius 2 is 1.53 bits per heavy atom. The summed E-state index contributed by atoms with van der Waals surface area (Å²) in [5.41, 5.74) is -0.485. The standard InChI is InChI=1S/C14H11F4N/c1-19-14(9-7-8(15)5-6-10(9)16)13-11(17)3-2-4-12(13)18/h2-7,14,19H,1H3. The molecule has 2 aromatic carbocycles. The van der Waals surface area contributed by atoms with Crippen LogP contribution < -0.4 is 5.32 Å². The maximum Gasteiger partial charge on any atom is 0.131 e. The minimum atomic E-state index is -1.10. The molecule has 0 fully saturated rings. The Morgan fingerprint density at radius 1 is 0.895 bits per heavy atom. The molecule has 100 valence electrons. The predicted octanol–water partition coefficient (Wildman–Crippen LogP) is 3.55. The van der Waals surface area contributed by atoms with Gasteiger partial charge in [0.2, 0.25) is 0 Å². The molecule has 1 unspecified atom stereocenters.